The van der Waals surface area contributed by atoms with Crippen molar-refractivity contribution in [1.82, 2.24) is 14.5 Å². The summed E-state index contributed by atoms with van der Waals surface area (Å²) in [5, 5.41) is 1.34. The van der Waals surface area contributed by atoms with Crippen LogP contribution < -0.4 is 11.1 Å². The van der Waals surface area contributed by atoms with Crippen LogP contribution in [0.1, 0.15) is 28.5 Å². The number of H-pyrrole nitrogens is 1. The maximum Gasteiger partial charge on any atom is 0.270 e. The summed E-state index contributed by atoms with van der Waals surface area (Å²) in [6.07, 6.45) is 0.988. The third-order valence-electron chi connectivity index (χ3n) is 5.75. The molecular weight excluding hydrogens is 342 g/mol. The van der Waals surface area contributed by atoms with Gasteiger partial charge >= 0.3 is 0 Å². The van der Waals surface area contributed by atoms with Gasteiger partial charge in [-0.2, -0.15) is 0 Å². The molecule has 0 aliphatic carbocycles. The van der Waals surface area contributed by atoms with Crippen molar-refractivity contribution in [1.29, 1.82) is 0 Å². The van der Waals surface area contributed by atoms with Crippen molar-refractivity contribution in [3.05, 3.63) is 80.6 Å². The van der Waals surface area contributed by atoms with Gasteiger partial charge in [0.25, 0.3) is 17.0 Å². The van der Waals surface area contributed by atoms with Crippen molar-refractivity contribution in [3.8, 4) is 0 Å². The Morgan fingerprint density at radius 3 is 2.74 bits per heavy atom. The Kier molecular flexibility index (Phi) is 3.53. The van der Waals surface area contributed by atoms with Crippen LogP contribution in [-0.4, -0.2) is 33.4 Å². The Labute approximate surface area is 155 Å². The van der Waals surface area contributed by atoms with E-state index in [2.05, 4.69) is 4.98 Å². The SMILES string of the molecule is O=C(c1cc2ccccc2c(=O)[nH]1)N1CC2CC(C1)c1cccc(=O)n1C2. The van der Waals surface area contributed by atoms with Crippen LogP contribution in [0.4, 0.5) is 0 Å². The van der Waals surface area contributed by atoms with Gasteiger partial charge in [0.05, 0.1) is 0 Å². The number of aromatic amines is 1. The van der Waals surface area contributed by atoms with E-state index in [4.69, 9.17) is 0 Å². The van der Waals surface area contributed by atoms with Gasteiger partial charge in [-0.15, -0.1) is 0 Å². The molecule has 0 radical (unpaired) electrons. The molecule has 6 nitrogen and oxygen atoms in total. The molecule has 1 fully saturated rings. The van der Waals surface area contributed by atoms with E-state index < -0.39 is 0 Å². The van der Waals surface area contributed by atoms with Crippen molar-refractivity contribution in [2.45, 2.75) is 18.9 Å². The van der Waals surface area contributed by atoms with Gasteiger partial charge in [0, 0.05) is 42.7 Å². The molecule has 27 heavy (non-hydrogen) atoms. The van der Waals surface area contributed by atoms with E-state index in [9.17, 15) is 14.4 Å². The fourth-order valence-corrected chi connectivity index (χ4v) is 4.56. The largest absolute Gasteiger partial charge is 0.336 e. The predicted octanol–water partition coefficient (Wildman–Crippen LogP) is 1.95. The Hall–Kier alpha value is -3.15. The molecule has 4 heterocycles. The molecule has 0 saturated carbocycles. The average molecular weight is 361 g/mol. The summed E-state index contributed by atoms with van der Waals surface area (Å²) < 4.78 is 1.85. The maximum atomic E-state index is 13.1. The summed E-state index contributed by atoms with van der Waals surface area (Å²) >= 11 is 0. The second-order valence-corrected chi connectivity index (χ2v) is 7.51. The Morgan fingerprint density at radius 1 is 1.00 bits per heavy atom. The van der Waals surface area contributed by atoms with Crippen LogP contribution in [0.3, 0.4) is 0 Å². The lowest BCUT2D eigenvalue weighted by Crippen LogP contribution is -2.49. The molecule has 0 spiro atoms. The zero-order valence-corrected chi connectivity index (χ0v) is 14.7. The number of nitrogens with one attached hydrogen (secondary N) is 1. The van der Waals surface area contributed by atoms with Gasteiger partial charge in [-0.3, -0.25) is 14.4 Å². The second kappa shape index (κ2) is 5.94. The van der Waals surface area contributed by atoms with Crippen molar-refractivity contribution in [2.75, 3.05) is 13.1 Å². The number of aromatic nitrogens is 2. The molecule has 2 unspecified atom stereocenters. The first-order valence-electron chi connectivity index (χ1n) is 9.21. The predicted molar refractivity (Wildman–Crippen MR) is 102 cm³/mol. The van der Waals surface area contributed by atoms with Crippen LogP contribution in [0.2, 0.25) is 0 Å². The molecule has 2 bridgehead atoms. The lowest BCUT2D eigenvalue weighted by atomic mass is 9.83. The molecule has 5 rings (SSSR count). The van der Waals surface area contributed by atoms with Crippen LogP contribution in [0.25, 0.3) is 10.8 Å². The van der Waals surface area contributed by atoms with Gasteiger partial charge in [-0.1, -0.05) is 24.3 Å². The van der Waals surface area contributed by atoms with Crippen LogP contribution in [0.5, 0.6) is 0 Å². The van der Waals surface area contributed by atoms with Crippen LogP contribution >= 0.6 is 0 Å². The molecule has 2 aliphatic heterocycles. The van der Waals surface area contributed by atoms with Gasteiger partial charge < -0.3 is 14.5 Å². The van der Waals surface area contributed by atoms with Gasteiger partial charge in [0.1, 0.15) is 5.69 Å². The van der Waals surface area contributed by atoms with Gasteiger partial charge in [-0.05, 0) is 35.9 Å². The number of hydrogen-bond acceptors (Lipinski definition) is 3. The van der Waals surface area contributed by atoms with E-state index in [0.717, 1.165) is 17.5 Å². The van der Waals surface area contributed by atoms with Crippen molar-refractivity contribution < 1.29 is 4.79 Å². The summed E-state index contributed by atoms with van der Waals surface area (Å²) in [7, 11) is 0. The zero-order valence-electron chi connectivity index (χ0n) is 14.7. The lowest BCUT2D eigenvalue weighted by Gasteiger charge is -2.42. The monoisotopic (exact) mass is 361 g/mol. The third-order valence-corrected chi connectivity index (χ3v) is 5.75. The number of carbonyl (C=O) groups excluding carboxylic acids is 1. The van der Waals surface area contributed by atoms with Crippen LogP contribution in [0.15, 0.2) is 58.1 Å². The summed E-state index contributed by atoms with van der Waals surface area (Å²) in [5.41, 5.74) is 1.11. The minimum Gasteiger partial charge on any atom is -0.336 e. The smallest absolute Gasteiger partial charge is 0.270 e. The van der Waals surface area contributed by atoms with Crippen LogP contribution in [-0.2, 0) is 6.54 Å². The number of pyridine rings is 2. The van der Waals surface area contributed by atoms with Crippen molar-refractivity contribution in [2.24, 2.45) is 5.92 Å². The number of fused-ring (bicyclic) bond motifs is 5. The summed E-state index contributed by atoms with van der Waals surface area (Å²) in [6, 6.07) is 14.4. The van der Waals surface area contributed by atoms with E-state index in [1.54, 1.807) is 24.3 Å². The molecular formula is C21H19N3O3. The molecule has 3 aromatic rings. The van der Waals surface area contributed by atoms with E-state index in [-0.39, 0.29) is 28.9 Å². The molecule has 2 aromatic heterocycles. The molecule has 6 heteroatoms. The quantitative estimate of drug-likeness (QED) is 0.720. The molecule has 2 atom stereocenters. The van der Waals surface area contributed by atoms with E-state index in [1.165, 1.54) is 0 Å². The minimum atomic E-state index is -0.245. The highest BCUT2D eigenvalue weighted by molar-refractivity contribution is 5.96. The number of rotatable bonds is 1. The van der Waals surface area contributed by atoms with E-state index >= 15 is 0 Å². The first-order valence-corrected chi connectivity index (χ1v) is 9.21. The Balaban J connectivity index is 1.49. The maximum absolute atomic E-state index is 13.1. The highest BCUT2D eigenvalue weighted by Gasteiger charge is 2.36. The third kappa shape index (κ3) is 2.60. The van der Waals surface area contributed by atoms with Crippen LogP contribution in [0, 0.1) is 5.92 Å². The topological polar surface area (TPSA) is 75.2 Å². The van der Waals surface area contributed by atoms with Gasteiger partial charge in [0.15, 0.2) is 0 Å². The molecule has 136 valence electrons. The standard InChI is InChI=1S/C21H19N3O3/c25-19-7-3-6-18-15-8-13(11-24(18)19)10-23(12-15)21(27)17-9-14-4-1-2-5-16(14)20(26)22-17/h1-7,9,13,15H,8,10-12H2,(H,22,26). The minimum absolute atomic E-state index is 0.0286. The van der Waals surface area contributed by atoms with Crippen molar-refractivity contribution >= 4 is 16.7 Å². The lowest BCUT2D eigenvalue weighted by molar-refractivity contribution is 0.0588. The van der Waals surface area contributed by atoms with E-state index in [1.807, 2.05) is 33.7 Å². The summed E-state index contributed by atoms with van der Waals surface area (Å²) in [6.45, 7) is 1.81. The number of benzene rings is 1. The molecule has 1 aromatic carbocycles. The van der Waals surface area contributed by atoms with E-state index in [0.29, 0.717) is 30.7 Å². The number of piperidine rings is 1. The molecule has 1 N–H and O–H groups in total. The fraction of sp³-hybridized carbons (Fsp3) is 0.286. The van der Waals surface area contributed by atoms with Gasteiger partial charge in [-0.25, -0.2) is 0 Å². The summed E-state index contributed by atoms with van der Waals surface area (Å²) in [5.74, 6) is 0.259. The first kappa shape index (κ1) is 16.1. The Morgan fingerprint density at radius 2 is 1.85 bits per heavy atom. The number of nitrogens with zero attached hydrogens (tertiary/aromatic N) is 2. The highest BCUT2D eigenvalue weighted by atomic mass is 16.2. The average Bonchev–Trinajstić information content (AvgIpc) is 2.68. The number of hydrogen-bond donors (Lipinski definition) is 1. The molecule has 1 saturated heterocycles. The summed E-state index contributed by atoms with van der Waals surface area (Å²) in [4.78, 5) is 42.1. The number of amides is 1. The normalized spacial score (nSPS) is 21.1. The van der Waals surface area contributed by atoms with Crippen molar-refractivity contribution in [3.63, 3.8) is 0 Å². The molecule has 1 amide bonds. The first-order chi connectivity index (χ1) is 13.1. The van der Waals surface area contributed by atoms with Gasteiger partial charge in [0.2, 0.25) is 0 Å². The number of likely N-dealkylation sites (tertiary alicyclic amines) is 1. The molecule has 2 aliphatic rings. The highest BCUT2D eigenvalue weighted by Crippen LogP contribution is 2.35. The zero-order chi connectivity index (χ0) is 18.5. The fourth-order valence-electron chi connectivity index (χ4n) is 4.56. The number of carbonyl (C=O) groups is 1. The Bertz CT molecular complexity index is 1180. The second-order valence-electron chi connectivity index (χ2n) is 7.51.